The Hall–Kier alpha value is -1.59. The molecular formula is C17H33N5O5. The third kappa shape index (κ3) is 11.0. The van der Waals surface area contributed by atoms with Crippen molar-refractivity contribution in [2.24, 2.45) is 5.73 Å². The molecule has 1 fully saturated rings. The Bertz CT molecular complexity index is 458. The number of rotatable bonds is 8. The first-order valence-corrected chi connectivity index (χ1v) is 9.32. The second-order valence-electron chi connectivity index (χ2n) is 6.95. The first-order chi connectivity index (χ1) is 12.8. The SMILES string of the molecule is CC(=O)CN1CCN(CCN)CCN(CC(=O)O)CCN(CC(=O)O)CC1. The fraction of sp³-hybridized carbons (Fsp3) is 0.824. The highest BCUT2D eigenvalue weighted by Crippen LogP contribution is 2.01. The van der Waals surface area contributed by atoms with E-state index in [1.807, 2.05) is 9.80 Å². The maximum absolute atomic E-state index is 11.6. The summed E-state index contributed by atoms with van der Waals surface area (Å²) in [6, 6.07) is 0. The van der Waals surface area contributed by atoms with Gasteiger partial charge in [-0.3, -0.25) is 34.0 Å². The molecule has 0 bridgehead atoms. The Kier molecular flexibility index (Phi) is 11.1. The molecule has 1 saturated heterocycles. The molecule has 0 unspecified atom stereocenters. The van der Waals surface area contributed by atoms with E-state index in [1.165, 1.54) is 0 Å². The number of aliphatic carboxylic acids is 2. The van der Waals surface area contributed by atoms with Gasteiger partial charge < -0.3 is 15.9 Å². The van der Waals surface area contributed by atoms with Crippen molar-refractivity contribution >= 4 is 17.7 Å². The van der Waals surface area contributed by atoms with E-state index in [9.17, 15) is 14.4 Å². The number of carboxylic acids is 2. The topological polar surface area (TPSA) is 131 Å². The second-order valence-corrected chi connectivity index (χ2v) is 6.95. The molecule has 0 aromatic heterocycles. The van der Waals surface area contributed by atoms with E-state index in [-0.39, 0.29) is 18.9 Å². The highest BCUT2D eigenvalue weighted by atomic mass is 16.4. The Labute approximate surface area is 160 Å². The van der Waals surface area contributed by atoms with Crippen LogP contribution in [0.4, 0.5) is 0 Å². The number of hydrogen-bond acceptors (Lipinski definition) is 8. The predicted octanol–water partition coefficient (Wildman–Crippen LogP) is -2.08. The Balaban J connectivity index is 2.85. The van der Waals surface area contributed by atoms with Gasteiger partial charge in [0.25, 0.3) is 0 Å². The van der Waals surface area contributed by atoms with Crippen LogP contribution >= 0.6 is 0 Å². The average Bonchev–Trinajstić information content (AvgIpc) is 2.56. The molecule has 0 aromatic carbocycles. The van der Waals surface area contributed by atoms with Crippen LogP contribution in [0.2, 0.25) is 0 Å². The van der Waals surface area contributed by atoms with E-state index >= 15 is 0 Å². The van der Waals surface area contributed by atoms with Gasteiger partial charge in [0.15, 0.2) is 0 Å². The lowest BCUT2D eigenvalue weighted by Crippen LogP contribution is -2.48. The van der Waals surface area contributed by atoms with Crippen LogP contribution in [-0.4, -0.2) is 133 Å². The molecule has 0 spiro atoms. The van der Waals surface area contributed by atoms with Crippen LogP contribution in [0.3, 0.4) is 0 Å². The number of carbonyl (C=O) groups is 3. The molecule has 1 rings (SSSR count). The monoisotopic (exact) mass is 387 g/mol. The van der Waals surface area contributed by atoms with Crippen molar-refractivity contribution in [1.29, 1.82) is 0 Å². The van der Waals surface area contributed by atoms with Crippen molar-refractivity contribution < 1.29 is 24.6 Å². The molecule has 1 heterocycles. The van der Waals surface area contributed by atoms with E-state index in [4.69, 9.17) is 15.9 Å². The Morgan fingerprint density at radius 1 is 0.704 bits per heavy atom. The van der Waals surface area contributed by atoms with Gasteiger partial charge in [-0.1, -0.05) is 0 Å². The lowest BCUT2D eigenvalue weighted by molar-refractivity contribution is -0.140. The summed E-state index contributed by atoms with van der Waals surface area (Å²) < 4.78 is 0. The summed E-state index contributed by atoms with van der Waals surface area (Å²) in [6.45, 7) is 7.61. The van der Waals surface area contributed by atoms with Gasteiger partial charge in [0.1, 0.15) is 5.78 Å². The first-order valence-electron chi connectivity index (χ1n) is 9.32. The summed E-state index contributed by atoms with van der Waals surface area (Å²) in [7, 11) is 0. The zero-order valence-corrected chi connectivity index (χ0v) is 16.2. The lowest BCUT2D eigenvalue weighted by Gasteiger charge is -2.33. The molecule has 10 nitrogen and oxygen atoms in total. The van der Waals surface area contributed by atoms with E-state index < -0.39 is 11.9 Å². The van der Waals surface area contributed by atoms with Crippen LogP contribution < -0.4 is 5.73 Å². The molecule has 0 aliphatic carbocycles. The van der Waals surface area contributed by atoms with Gasteiger partial charge in [-0.05, 0) is 6.92 Å². The fourth-order valence-corrected chi connectivity index (χ4v) is 3.16. The van der Waals surface area contributed by atoms with Crippen molar-refractivity contribution in [3.63, 3.8) is 0 Å². The summed E-state index contributed by atoms with van der Waals surface area (Å²) >= 11 is 0. The highest BCUT2D eigenvalue weighted by Gasteiger charge is 2.19. The Morgan fingerprint density at radius 2 is 1.04 bits per heavy atom. The molecular weight excluding hydrogens is 354 g/mol. The number of carbonyl (C=O) groups excluding carboxylic acids is 1. The van der Waals surface area contributed by atoms with Gasteiger partial charge in [-0.2, -0.15) is 0 Å². The largest absolute Gasteiger partial charge is 0.480 e. The minimum atomic E-state index is -0.917. The molecule has 10 heteroatoms. The van der Waals surface area contributed by atoms with Crippen molar-refractivity contribution in [3.8, 4) is 0 Å². The van der Waals surface area contributed by atoms with Crippen molar-refractivity contribution in [2.75, 3.05) is 85.1 Å². The third-order valence-corrected chi connectivity index (χ3v) is 4.54. The molecule has 27 heavy (non-hydrogen) atoms. The fourth-order valence-electron chi connectivity index (χ4n) is 3.16. The molecule has 0 aromatic rings. The van der Waals surface area contributed by atoms with Crippen LogP contribution in [0.5, 0.6) is 0 Å². The molecule has 0 amide bonds. The molecule has 156 valence electrons. The minimum absolute atomic E-state index is 0.0740. The van der Waals surface area contributed by atoms with E-state index in [0.29, 0.717) is 65.4 Å². The second kappa shape index (κ2) is 12.7. The Morgan fingerprint density at radius 3 is 1.33 bits per heavy atom. The number of Topliss-reactive ketones (excluding diaryl/α,β-unsaturated/α-hetero) is 1. The number of carboxylic acid groups (broad SMARTS) is 2. The van der Waals surface area contributed by atoms with Gasteiger partial charge in [-0.15, -0.1) is 0 Å². The predicted molar refractivity (Wildman–Crippen MR) is 101 cm³/mol. The van der Waals surface area contributed by atoms with Crippen LogP contribution in [0.15, 0.2) is 0 Å². The summed E-state index contributed by atoms with van der Waals surface area (Å²) in [6.07, 6.45) is 0. The average molecular weight is 387 g/mol. The summed E-state index contributed by atoms with van der Waals surface area (Å²) in [5.41, 5.74) is 5.69. The third-order valence-electron chi connectivity index (χ3n) is 4.54. The van der Waals surface area contributed by atoms with Crippen molar-refractivity contribution in [2.45, 2.75) is 6.92 Å². The minimum Gasteiger partial charge on any atom is -0.480 e. The molecule has 1 aliphatic rings. The quantitative estimate of drug-likeness (QED) is 0.427. The zero-order chi connectivity index (χ0) is 20.2. The van der Waals surface area contributed by atoms with Crippen LogP contribution in [0, 0.1) is 0 Å². The first kappa shape index (κ1) is 23.4. The van der Waals surface area contributed by atoms with Gasteiger partial charge in [0.05, 0.1) is 19.6 Å². The number of nitrogens with zero attached hydrogens (tertiary/aromatic N) is 4. The van der Waals surface area contributed by atoms with Gasteiger partial charge in [0.2, 0.25) is 0 Å². The molecule has 0 atom stereocenters. The maximum atomic E-state index is 11.6. The molecule has 0 radical (unpaired) electrons. The van der Waals surface area contributed by atoms with Crippen LogP contribution in [-0.2, 0) is 14.4 Å². The standard InChI is InChI=1S/C17H33N5O5/c1-15(23)12-20-6-4-19(3-2-18)5-7-21(13-16(24)25)10-11-22(9-8-20)14-17(26)27/h2-14,18H2,1H3,(H,24,25)(H,26,27). The summed E-state index contributed by atoms with van der Waals surface area (Å²) in [4.78, 5) is 41.7. The lowest BCUT2D eigenvalue weighted by atomic mass is 10.3. The normalized spacial score (nSPS) is 19.9. The smallest absolute Gasteiger partial charge is 0.317 e. The zero-order valence-electron chi connectivity index (χ0n) is 16.2. The molecule has 4 N–H and O–H groups in total. The van der Waals surface area contributed by atoms with E-state index in [2.05, 4.69) is 4.90 Å². The summed E-state index contributed by atoms with van der Waals surface area (Å²) in [5, 5.41) is 18.3. The summed E-state index contributed by atoms with van der Waals surface area (Å²) in [5.74, 6) is -1.74. The number of hydrogen-bond donors (Lipinski definition) is 3. The van der Waals surface area contributed by atoms with Crippen LogP contribution in [0.25, 0.3) is 0 Å². The van der Waals surface area contributed by atoms with Gasteiger partial charge in [-0.25, -0.2) is 0 Å². The van der Waals surface area contributed by atoms with Crippen molar-refractivity contribution in [1.82, 2.24) is 19.6 Å². The van der Waals surface area contributed by atoms with E-state index in [0.717, 1.165) is 6.54 Å². The number of nitrogens with two attached hydrogens (primary N) is 1. The van der Waals surface area contributed by atoms with Gasteiger partial charge in [0, 0.05) is 65.4 Å². The van der Waals surface area contributed by atoms with Gasteiger partial charge >= 0.3 is 11.9 Å². The molecule has 1 aliphatic heterocycles. The van der Waals surface area contributed by atoms with E-state index in [1.54, 1.807) is 11.8 Å². The highest BCUT2D eigenvalue weighted by molar-refractivity contribution is 5.77. The van der Waals surface area contributed by atoms with Crippen molar-refractivity contribution in [3.05, 3.63) is 0 Å². The maximum Gasteiger partial charge on any atom is 0.317 e. The number of ketones is 1. The molecule has 0 saturated carbocycles. The van der Waals surface area contributed by atoms with Crippen LogP contribution in [0.1, 0.15) is 6.92 Å².